The Balaban J connectivity index is 4.34. The quantitative estimate of drug-likeness (QED) is 0.586. The van der Waals surface area contributed by atoms with Crippen LogP contribution in [-0.4, -0.2) is 36.9 Å². The van der Waals surface area contributed by atoms with E-state index in [-0.39, 0.29) is 19.0 Å². The van der Waals surface area contributed by atoms with Gasteiger partial charge in [0.1, 0.15) is 0 Å². The molecule has 5 nitrogen and oxygen atoms in total. The molecule has 2 amide bonds. The third kappa shape index (κ3) is 3.42. The van der Waals surface area contributed by atoms with Crippen molar-refractivity contribution in [1.29, 1.82) is 0 Å². The van der Waals surface area contributed by atoms with Crippen LogP contribution in [0.1, 0.15) is 13.8 Å². The minimum absolute atomic E-state index is 0.0672. The first-order chi connectivity index (χ1) is 5.81. The molecule has 0 aliphatic rings. The normalized spacial score (nSPS) is 11.1. The van der Waals surface area contributed by atoms with Gasteiger partial charge in [0.25, 0.3) is 0 Å². The van der Waals surface area contributed by atoms with Crippen molar-refractivity contribution in [3.8, 4) is 0 Å². The first-order valence-electron chi connectivity index (χ1n) is 4.05. The predicted octanol–water partition coefficient (Wildman–Crippen LogP) is -1.08. The lowest BCUT2D eigenvalue weighted by Crippen LogP contribution is -2.45. The summed E-state index contributed by atoms with van der Waals surface area (Å²) in [5.41, 5.74) is 9.73. The number of hydrogen-bond donors (Lipinski definition) is 2. The van der Waals surface area contributed by atoms with Gasteiger partial charge in [-0.2, -0.15) is 0 Å². The zero-order valence-corrected chi connectivity index (χ0v) is 8.33. The van der Waals surface area contributed by atoms with Crippen LogP contribution < -0.4 is 11.5 Å². The molecule has 0 aliphatic carbocycles. The van der Waals surface area contributed by atoms with Crippen LogP contribution in [0.5, 0.6) is 0 Å². The molecule has 0 aromatic carbocycles. The van der Waals surface area contributed by atoms with Crippen molar-refractivity contribution in [2.75, 3.05) is 20.1 Å². The molecule has 0 aliphatic heterocycles. The Kier molecular flexibility index (Phi) is 3.87. The average molecular weight is 187 g/mol. The molecule has 0 unspecified atom stereocenters. The second-order valence-corrected chi connectivity index (χ2v) is 3.72. The van der Waals surface area contributed by atoms with Crippen molar-refractivity contribution in [2.24, 2.45) is 16.9 Å². The van der Waals surface area contributed by atoms with Crippen molar-refractivity contribution in [1.82, 2.24) is 4.90 Å². The summed E-state index contributed by atoms with van der Waals surface area (Å²) in [6.07, 6.45) is 0. The average Bonchev–Trinajstić information content (AvgIpc) is 2.01. The zero-order valence-electron chi connectivity index (χ0n) is 8.33. The monoisotopic (exact) mass is 187 g/mol. The van der Waals surface area contributed by atoms with Gasteiger partial charge in [0.15, 0.2) is 0 Å². The minimum Gasteiger partial charge on any atom is -0.368 e. The van der Waals surface area contributed by atoms with Crippen LogP contribution in [0, 0.1) is 5.41 Å². The van der Waals surface area contributed by atoms with E-state index in [0.29, 0.717) is 0 Å². The Morgan fingerprint density at radius 2 is 1.85 bits per heavy atom. The number of carbonyl (C=O) groups is 2. The first-order valence-corrected chi connectivity index (χ1v) is 4.05. The summed E-state index contributed by atoms with van der Waals surface area (Å²) in [5.74, 6) is -0.697. The van der Waals surface area contributed by atoms with Crippen LogP contribution >= 0.6 is 0 Å². The summed E-state index contributed by atoms with van der Waals surface area (Å²) in [5, 5.41) is 0. The number of carbonyl (C=O) groups excluding carboxylic acids is 2. The van der Waals surface area contributed by atoms with E-state index in [1.165, 1.54) is 11.9 Å². The van der Waals surface area contributed by atoms with Gasteiger partial charge in [-0.25, -0.2) is 0 Å². The van der Waals surface area contributed by atoms with E-state index < -0.39 is 11.3 Å². The maximum atomic E-state index is 11.6. The second-order valence-electron chi connectivity index (χ2n) is 3.72. The molecule has 0 aromatic rings. The minimum atomic E-state index is -0.635. The summed E-state index contributed by atoms with van der Waals surface area (Å²) >= 11 is 0. The lowest BCUT2D eigenvalue weighted by atomic mass is 9.92. The van der Waals surface area contributed by atoms with Gasteiger partial charge in [-0.05, 0) is 13.8 Å². The molecule has 13 heavy (non-hydrogen) atoms. The molecule has 0 spiro atoms. The van der Waals surface area contributed by atoms with Gasteiger partial charge in [0.2, 0.25) is 11.8 Å². The zero-order chi connectivity index (χ0) is 10.6. The second kappa shape index (κ2) is 4.23. The fraction of sp³-hybridized carbons (Fsp3) is 0.750. The number of rotatable bonds is 4. The summed E-state index contributed by atoms with van der Waals surface area (Å²) in [4.78, 5) is 23.4. The molecule has 0 saturated heterocycles. The van der Waals surface area contributed by atoms with Crippen molar-refractivity contribution in [2.45, 2.75) is 13.8 Å². The maximum absolute atomic E-state index is 11.6. The predicted molar refractivity (Wildman–Crippen MR) is 49.7 cm³/mol. The SMILES string of the molecule is CN(CC(N)=O)C(=O)C(C)(C)CN. The standard InChI is InChI=1S/C8H17N3O2/c1-8(2,5-9)7(13)11(3)4-6(10)12/h4-5,9H2,1-3H3,(H2,10,12). The number of hydrogen-bond acceptors (Lipinski definition) is 3. The Morgan fingerprint density at radius 3 is 2.15 bits per heavy atom. The highest BCUT2D eigenvalue weighted by atomic mass is 16.2. The Hall–Kier alpha value is -1.10. The fourth-order valence-electron chi connectivity index (χ4n) is 0.910. The van der Waals surface area contributed by atoms with Crippen molar-refractivity contribution in [3.05, 3.63) is 0 Å². The van der Waals surface area contributed by atoms with Crippen molar-refractivity contribution >= 4 is 11.8 Å². The van der Waals surface area contributed by atoms with E-state index in [4.69, 9.17) is 11.5 Å². The first kappa shape index (κ1) is 11.9. The van der Waals surface area contributed by atoms with Crippen LogP contribution in [0.4, 0.5) is 0 Å². The van der Waals surface area contributed by atoms with Gasteiger partial charge in [0.05, 0.1) is 12.0 Å². The molecule has 0 atom stereocenters. The molecule has 5 heteroatoms. The van der Waals surface area contributed by atoms with E-state index in [1.54, 1.807) is 13.8 Å². The fourth-order valence-corrected chi connectivity index (χ4v) is 0.910. The van der Waals surface area contributed by atoms with E-state index in [2.05, 4.69) is 0 Å². The number of nitrogens with zero attached hydrogens (tertiary/aromatic N) is 1. The molecule has 0 bridgehead atoms. The molecule has 4 N–H and O–H groups in total. The van der Waals surface area contributed by atoms with Gasteiger partial charge in [-0.3, -0.25) is 9.59 Å². The Morgan fingerprint density at radius 1 is 1.38 bits per heavy atom. The molecule has 0 aromatic heterocycles. The molecule has 0 saturated carbocycles. The van der Waals surface area contributed by atoms with Crippen LogP contribution in [0.25, 0.3) is 0 Å². The Labute approximate surface area is 78.1 Å². The summed E-state index contributed by atoms with van der Waals surface area (Å²) in [6.45, 7) is 3.64. The van der Waals surface area contributed by atoms with Crippen LogP contribution in [0.2, 0.25) is 0 Å². The molecule has 0 heterocycles. The smallest absolute Gasteiger partial charge is 0.237 e. The van der Waals surface area contributed by atoms with E-state index in [1.807, 2.05) is 0 Å². The maximum Gasteiger partial charge on any atom is 0.237 e. The summed E-state index contributed by atoms with van der Waals surface area (Å²) in [7, 11) is 1.53. The van der Waals surface area contributed by atoms with Crippen molar-refractivity contribution in [3.63, 3.8) is 0 Å². The third-order valence-corrected chi connectivity index (χ3v) is 1.83. The third-order valence-electron chi connectivity index (χ3n) is 1.83. The van der Waals surface area contributed by atoms with E-state index in [9.17, 15) is 9.59 Å². The Bertz CT molecular complexity index is 213. The molecular formula is C8H17N3O2. The molecule has 76 valence electrons. The van der Waals surface area contributed by atoms with Gasteiger partial charge in [-0.1, -0.05) is 0 Å². The van der Waals surface area contributed by atoms with Crippen LogP contribution in [-0.2, 0) is 9.59 Å². The molecule has 0 rings (SSSR count). The lowest BCUT2D eigenvalue weighted by molar-refractivity contribution is -0.141. The summed E-state index contributed by atoms with van der Waals surface area (Å²) < 4.78 is 0. The highest BCUT2D eigenvalue weighted by Gasteiger charge is 2.29. The molecular weight excluding hydrogens is 170 g/mol. The number of likely N-dealkylation sites (N-methyl/N-ethyl adjacent to an activating group) is 1. The van der Waals surface area contributed by atoms with Gasteiger partial charge in [-0.15, -0.1) is 0 Å². The van der Waals surface area contributed by atoms with Crippen molar-refractivity contribution < 1.29 is 9.59 Å². The van der Waals surface area contributed by atoms with Crippen LogP contribution in [0.3, 0.4) is 0 Å². The number of amides is 2. The highest BCUT2D eigenvalue weighted by molar-refractivity contribution is 5.86. The largest absolute Gasteiger partial charge is 0.368 e. The number of primary amides is 1. The topological polar surface area (TPSA) is 89.4 Å². The van der Waals surface area contributed by atoms with Gasteiger partial charge < -0.3 is 16.4 Å². The summed E-state index contributed by atoms with van der Waals surface area (Å²) in [6, 6.07) is 0. The van der Waals surface area contributed by atoms with E-state index in [0.717, 1.165) is 0 Å². The van der Waals surface area contributed by atoms with Crippen LogP contribution in [0.15, 0.2) is 0 Å². The van der Waals surface area contributed by atoms with Gasteiger partial charge >= 0.3 is 0 Å². The number of nitrogens with two attached hydrogens (primary N) is 2. The molecule has 0 fully saturated rings. The highest BCUT2D eigenvalue weighted by Crippen LogP contribution is 2.15. The molecule has 0 radical (unpaired) electrons. The van der Waals surface area contributed by atoms with Gasteiger partial charge in [0, 0.05) is 13.6 Å². The van der Waals surface area contributed by atoms with E-state index >= 15 is 0 Å². The lowest BCUT2D eigenvalue weighted by Gasteiger charge is -2.27.